The van der Waals surface area contributed by atoms with Crippen LogP contribution < -0.4 is 10.6 Å². The molecule has 5 nitrogen and oxygen atoms in total. The maximum Gasteiger partial charge on any atom is 0.227 e. The SMILES string of the molecule is Nc1nc(Cl)nc(C2CCCN2c2ccccc2)n1. The molecule has 2 aromatic rings. The van der Waals surface area contributed by atoms with Crippen molar-refractivity contribution in [2.75, 3.05) is 17.2 Å². The quantitative estimate of drug-likeness (QED) is 0.912. The smallest absolute Gasteiger partial charge is 0.227 e. The first-order valence-corrected chi connectivity index (χ1v) is 6.60. The molecule has 1 aromatic heterocycles. The van der Waals surface area contributed by atoms with Crippen molar-refractivity contribution < 1.29 is 0 Å². The van der Waals surface area contributed by atoms with E-state index in [-0.39, 0.29) is 17.3 Å². The number of anilines is 2. The highest BCUT2D eigenvalue weighted by atomic mass is 35.5. The second-order valence-corrected chi connectivity index (χ2v) is 4.85. The molecule has 0 aliphatic carbocycles. The Morgan fingerprint density at radius 2 is 1.95 bits per heavy atom. The largest absolute Gasteiger partial charge is 0.368 e. The molecule has 6 heteroatoms. The van der Waals surface area contributed by atoms with Gasteiger partial charge in [-0.1, -0.05) is 18.2 Å². The van der Waals surface area contributed by atoms with Gasteiger partial charge in [0.25, 0.3) is 0 Å². The van der Waals surface area contributed by atoms with Gasteiger partial charge in [0.15, 0.2) is 5.82 Å². The first-order valence-electron chi connectivity index (χ1n) is 6.22. The maximum absolute atomic E-state index is 5.86. The number of nitrogen functional groups attached to an aromatic ring is 1. The molecular formula is C13H14ClN5. The van der Waals surface area contributed by atoms with Crippen LogP contribution in [0.2, 0.25) is 5.28 Å². The van der Waals surface area contributed by atoms with Crippen molar-refractivity contribution >= 4 is 23.2 Å². The lowest BCUT2D eigenvalue weighted by Crippen LogP contribution is -2.24. The summed E-state index contributed by atoms with van der Waals surface area (Å²) in [4.78, 5) is 14.5. The monoisotopic (exact) mass is 275 g/mol. The fourth-order valence-corrected chi connectivity index (χ4v) is 2.67. The molecule has 98 valence electrons. The third-order valence-electron chi connectivity index (χ3n) is 3.28. The molecule has 1 aliphatic heterocycles. The number of halogens is 1. The van der Waals surface area contributed by atoms with E-state index >= 15 is 0 Å². The molecule has 1 aromatic carbocycles. The summed E-state index contributed by atoms with van der Waals surface area (Å²) in [6.07, 6.45) is 2.09. The van der Waals surface area contributed by atoms with E-state index < -0.39 is 0 Å². The van der Waals surface area contributed by atoms with Crippen LogP contribution in [0.3, 0.4) is 0 Å². The van der Waals surface area contributed by atoms with Crippen LogP contribution in [-0.4, -0.2) is 21.5 Å². The summed E-state index contributed by atoms with van der Waals surface area (Å²) in [5.41, 5.74) is 6.81. The molecule has 1 saturated heterocycles. The van der Waals surface area contributed by atoms with Crippen molar-refractivity contribution in [2.45, 2.75) is 18.9 Å². The van der Waals surface area contributed by atoms with E-state index in [1.807, 2.05) is 18.2 Å². The molecule has 0 saturated carbocycles. The normalized spacial score (nSPS) is 18.8. The molecule has 2 heterocycles. The zero-order valence-electron chi connectivity index (χ0n) is 10.3. The van der Waals surface area contributed by atoms with E-state index in [9.17, 15) is 0 Å². The number of para-hydroxylation sites is 1. The third kappa shape index (κ3) is 2.46. The molecule has 3 rings (SSSR count). The average molecular weight is 276 g/mol. The molecule has 1 unspecified atom stereocenters. The summed E-state index contributed by atoms with van der Waals surface area (Å²) in [6, 6.07) is 10.4. The molecule has 0 radical (unpaired) electrons. The topological polar surface area (TPSA) is 67.9 Å². The van der Waals surface area contributed by atoms with Crippen LogP contribution in [0.1, 0.15) is 24.7 Å². The molecule has 0 spiro atoms. The Balaban J connectivity index is 1.95. The van der Waals surface area contributed by atoms with E-state index in [1.54, 1.807) is 0 Å². The van der Waals surface area contributed by atoms with Gasteiger partial charge in [-0.2, -0.15) is 9.97 Å². The Kier molecular flexibility index (Phi) is 3.21. The Hall–Kier alpha value is -1.88. The van der Waals surface area contributed by atoms with Crippen molar-refractivity contribution in [3.63, 3.8) is 0 Å². The number of nitrogens with zero attached hydrogens (tertiary/aromatic N) is 4. The van der Waals surface area contributed by atoms with Gasteiger partial charge in [-0.3, -0.25) is 0 Å². The Bertz CT molecular complexity index is 554. The van der Waals surface area contributed by atoms with Crippen LogP contribution in [0.25, 0.3) is 0 Å². The van der Waals surface area contributed by atoms with Crippen LogP contribution in [-0.2, 0) is 0 Å². The maximum atomic E-state index is 5.86. The van der Waals surface area contributed by atoms with Gasteiger partial charge in [0.05, 0.1) is 6.04 Å². The number of rotatable bonds is 2. The molecule has 1 fully saturated rings. The molecule has 19 heavy (non-hydrogen) atoms. The lowest BCUT2D eigenvalue weighted by atomic mass is 10.2. The van der Waals surface area contributed by atoms with E-state index in [0.29, 0.717) is 5.82 Å². The van der Waals surface area contributed by atoms with Crippen LogP contribution in [0, 0.1) is 0 Å². The summed E-state index contributed by atoms with van der Waals surface area (Å²) >= 11 is 5.86. The van der Waals surface area contributed by atoms with Crippen molar-refractivity contribution in [1.82, 2.24) is 15.0 Å². The van der Waals surface area contributed by atoms with Crippen LogP contribution >= 0.6 is 11.6 Å². The van der Waals surface area contributed by atoms with Gasteiger partial charge < -0.3 is 10.6 Å². The lowest BCUT2D eigenvalue weighted by molar-refractivity contribution is 0.662. The van der Waals surface area contributed by atoms with Crippen molar-refractivity contribution in [2.24, 2.45) is 0 Å². The van der Waals surface area contributed by atoms with Crippen LogP contribution in [0.4, 0.5) is 11.6 Å². The van der Waals surface area contributed by atoms with Crippen molar-refractivity contribution in [3.05, 3.63) is 41.4 Å². The van der Waals surface area contributed by atoms with Crippen molar-refractivity contribution in [3.8, 4) is 0 Å². The van der Waals surface area contributed by atoms with Gasteiger partial charge in [0, 0.05) is 12.2 Å². The molecule has 2 N–H and O–H groups in total. The minimum absolute atomic E-state index is 0.116. The first kappa shape index (κ1) is 12.2. The average Bonchev–Trinajstić information content (AvgIpc) is 2.88. The van der Waals surface area contributed by atoms with Gasteiger partial charge >= 0.3 is 0 Å². The second-order valence-electron chi connectivity index (χ2n) is 4.51. The highest BCUT2D eigenvalue weighted by molar-refractivity contribution is 6.28. The number of hydrogen-bond donors (Lipinski definition) is 1. The van der Waals surface area contributed by atoms with E-state index in [1.165, 1.54) is 5.69 Å². The number of benzene rings is 1. The zero-order valence-corrected chi connectivity index (χ0v) is 11.1. The van der Waals surface area contributed by atoms with Crippen molar-refractivity contribution in [1.29, 1.82) is 0 Å². The predicted molar refractivity (Wildman–Crippen MR) is 75.0 cm³/mol. The number of nitrogens with two attached hydrogens (primary N) is 1. The molecule has 0 bridgehead atoms. The van der Waals surface area contributed by atoms with E-state index in [4.69, 9.17) is 17.3 Å². The van der Waals surface area contributed by atoms with Gasteiger partial charge in [0.1, 0.15) is 0 Å². The summed E-state index contributed by atoms with van der Waals surface area (Å²) in [6.45, 7) is 0.984. The van der Waals surface area contributed by atoms with Crippen LogP contribution in [0.5, 0.6) is 0 Å². The molecular weight excluding hydrogens is 262 g/mol. The lowest BCUT2D eigenvalue weighted by Gasteiger charge is -2.25. The van der Waals surface area contributed by atoms with Crippen LogP contribution in [0.15, 0.2) is 30.3 Å². The van der Waals surface area contributed by atoms with Gasteiger partial charge in [0.2, 0.25) is 11.2 Å². The summed E-state index contributed by atoms with van der Waals surface area (Å²) in [7, 11) is 0. The highest BCUT2D eigenvalue weighted by Crippen LogP contribution is 2.34. The van der Waals surface area contributed by atoms with Gasteiger partial charge in [-0.15, -0.1) is 0 Å². The Morgan fingerprint density at radius 3 is 2.68 bits per heavy atom. The minimum Gasteiger partial charge on any atom is -0.368 e. The van der Waals surface area contributed by atoms with E-state index in [2.05, 4.69) is 32.0 Å². The molecule has 0 amide bonds. The minimum atomic E-state index is 0.116. The van der Waals surface area contributed by atoms with Gasteiger partial charge in [-0.25, -0.2) is 4.98 Å². The Morgan fingerprint density at radius 1 is 1.16 bits per heavy atom. The molecule has 1 atom stereocenters. The first-order chi connectivity index (χ1) is 9.24. The summed E-state index contributed by atoms with van der Waals surface area (Å²) in [5.74, 6) is 0.828. The number of hydrogen-bond acceptors (Lipinski definition) is 5. The highest BCUT2D eigenvalue weighted by Gasteiger charge is 2.29. The van der Waals surface area contributed by atoms with E-state index in [0.717, 1.165) is 19.4 Å². The standard InChI is InChI=1S/C13H14ClN5/c14-12-16-11(17-13(15)18-12)10-7-4-8-19(10)9-5-2-1-3-6-9/h1-3,5-6,10H,4,7-8H2,(H2,15,16,17,18). The fraction of sp³-hybridized carbons (Fsp3) is 0.308. The molecule has 1 aliphatic rings. The van der Waals surface area contributed by atoms with Gasteiger partial charge in [-0.05, 0) is 36.6 Å². The summed E-state index contributed by atoms with van der Waals surface area (Å²) in [5, 5.41) is 0.155. The Labute approximate surface area is 116 Å². The summed E-state index contributed by atoms with van der Waals surface area (Å²) < 4.78 is 0. The predicted octanol–water partition coefficient (Wildman–Crippen LogP) is 2.45. The number of aromatic nitrogens is 3. The fourth-order valence-electron chi connectivity index (χ4n) is 2.49. The third-order valence-corrected chi connectivity index (χ3v) is 3.45. The zero-order chi connectivity index (χ0) is 13.2. The second kappa shape index (κ2) is 5.01.